The van der Waals surface area contributed by atoms with Crippen LogP contribution < -0.4 is 20.5 Å². The molecule has 2 unspecified atom stereocenters. The van der Waals surface area contributed by atoms with Gasteiger partial charge in [0.1, 0.15) is 11.6 Å². The third-order valence-corrected chi connectivity index (χ3v) is 5.67. The number of para-hydroxylation sites is 2. The molecule has 2 atom stereocenters. The Morgan fingerprint density at radius 1 is 1.25 bits per heavy atom. The fourth-order valence-electron chi connectivity index (χ4n) is 3.40. The summed E-state index contributed by atoms with van der Waals surface area (Å²) < 4.78 is 18.6. The minimum absolute atomic E-state index is 0.0117. The summed E-state index contributed by atoms with van der Waals surface area (Å²) in [6.45, 7) is 0.626. The molecule has 2 aromatic rings. The highest BCUT2D eigenvalue weighted by molar-refractivity contribution is 8.19. The normalized spacial score (nSPS) is 23.6. The summed E-state index contributed by atoms with van der Waals surface area (Å²) >= 11 is 1.13. The van der Waals surface area contributed by atoms with E-state index in [1.165, 1.54) is 24.1 Å². The van der Waals surface area contributed by atoms with E-state index >= 15 is 0 Å². The lowest BCUT2D eigenvalue weighted by molar-refractivity contribution is -0.113. The maximum atomic E-state index is 13.2. The first-order chi connectivity index (χ1) is 13.6. The highest BCUT2D eigenvalue weighted by Crippen LogP contribution is 2.40. The zero-order valence-corrected chi connectivity index (χ0v) is 15.9. The largest absolute Gasteiger partial charge is 0.495 e. The van der Waals surface area contributed by atoms with Gasteiger partial charge in [-0.15, -0.1) is 0 Å². The number of amides is 1. The second-order valence-electron chi connectivity index (χ2n) is 6.47. The van der Waals surface area contributed by atoms with E-state index in [2.05, 4.69) is 10.9 Å². The number of nitrogens with zero attached hydrogens (tertiary/aromatic N) is 1. The first kappa shape index (κ1) is 18.7. The lowest BCUT2D eigenvalue weighted by Crippen LogP contribution is -2.28. The second kappa shape index (κ2) is 7.75. The van der Waals surface area contributed by atoms with Crippen LogP contribution in [0.4, 0.5) is 10.1 Å². The summed E-state index contributed by atoms with van der Waals surface area (Å²) in [7, 11) is 1.54. The van der Waals surface area contributed by atoms with Crippen molar-refractivity contribution in [3.05, 3.63) is 70.9 Å². The standard InChI is InChI=1S/C20H19FN4O2S/c1-27-16-5-3-2-4-15(16)25-19(26)17(28-20(25)22)10-13-11-23-24-18(13)12-6-8-14(21)9-7-12/h2-10,13,18,22-24H,11H2,1H3/b17-10-,22-20?. The van der Waals surface area contributed by atoms with Crippen molar-refractivity contribution < 1.29 is 13.9 Å². The molecule has 0 aliphatic carbocycles. The van der Waals surface area contributed by atoms with E-state index in [9.17, 15) is 9.18 Å². The molecule has 4 rings (SSSR count). The highest BCUT2D eigenvalue weighted by atomic mass is 32.2. The van der Waals surface area contributed by atoms with Gasteiger partial charge in [-0.05, 0) is 41.6 Å². The van der Waals surface area contributed by atoms with Crippen LogP contribution in [0, 0.1) is 17.1 Å². The molecule has 1 amide bonds. The number of amidine groups is 1. The van der Waals surface area contributed by atoms with E-state index in [1.54, 1.807) is 30.3 Å². The van der Waals surface area contributed by atoms with Crippen LogP contribution in [0.25, 0.3) is 0 Å². The van der Waals surface area contributed by atoms with Crippen LogP contribution in [0.2, 0.25) is 0 Å². The van der Waals surface area contributed by atoms with Gasteiger partial charge in [0.25, 0.3) is 5.91 Å². The van der Waals surface area contributed by atoms with Crippen LogP contribution in [-0.2, 0) is 4.79 Å². The number of carbonyl (C=O) groups excluding carboxylic acids is 1. The van der Waals surface area contributed by atoms with Crippen LogP contribution >= 0.6 is 11.8 Å². The van der Waals surface area contributed by atoms with E-state index in [4.69, 9.17) is 10.1 Å². The van der Waals surface area contributed by atoms with Crippen molar-refractivity contribution in [3.63, 3.8) is 0 Å². The van der Waals surface area contributed by atoms with Gasteiger partial charge in [0.05, 0.1) is 23.7 Å². The number of nitrogens with one attached hydrogen (secondary N) is 3. The van der Waals surface area contributed by atoms with Gasteiger partial charge in [-0.25, -0.2) is 9.82 Å². The molecule has 6 nitrogen and oxygen atoms in total. The summed E-state index contributed by atoms with van der Waals surface area (Å²) in [5.74, 6) is -0.00513. The van der Waals surface area contributed by atoms with Crippen LogP contribution in [0.3, 0.4) is 0 Å². The molecule has 2 aliphatic heterocycles. The van der Waals surface area contributed by atoms with E-state index in [0.29, 0.717) is 22.9 Å². The number of methoxy groups -OCH3 is 1. The second-order valence-corrected chi connectivity index (χ2v) is 7.50. The average Bonchev–Trinajstić information content (AvgIpc) is 3.27. The lowest BCUT2D eigenvalue weighted by atomic mass is 9.94. The molecule has 2 aromatic carbocycles. The first-order valence-corrected chi connectivity index (χ1v) is 9.59. The van der Waals surface area contributed by atoms with Gasteiger partial charge in [-0.3, -0.25) is 20.5 Å². The first-order valence-electron chi connectivity index (χ1n) is 8.78. The SMILES string of the molecule is COc1ccccc1N1C(=N)S/C(=C\C2CNNC2c2ccc(F)cc2)C1=O. The Morgan fingerprint density at radius 2 is 2.00 bits per heavy atom. The number of carbonyl (C=O) groups is 1. The number of benzene rings is 2. The third-order valence-electron chi connectivity index (χ3n) is 4.77. The topological polar surface area (TPSA) is 77.5 Å². The lowest BCUT2D eigenvalue weighted by Gasteiger charge is -2.18. The van der Waals surface area contributed by atoms with Crippen LogP contribution in [0.15, 0.2) is 59.5 Å². The van der Waals surface area contributed by atoms with Gasteiger partial charge < -0.3 is 4.74 Å². The predicted molar refractivity (Wildman–Crippen MR) is 108 cm³/mol. The van der Waals surface area contributed by atoms with Crippen LogP contribution in [0.1, 0.15) is 11.6 Å². The quantitative estimate of drug-likeness (QED) is 0.690. The summed E-state index contributed by atoms with van der Waals surface area (Å²) in [4.78, 5) is 14.9. The van der Waals surface area contributed by atoms with E-state index in [-0.39, 0.29) is 28.9 Å². The summed E-state index contributed by atoms with van der Waals surface area (Å²) in [6.07, 6.45) is 1.89. The van der Waals surface area contributed by atoms with Crippen molar-refractivity contribution in [1.82, 2.24) is 10.9 Å². The molecule has 0 saturated carbocycles. The zero-order valence-electron chi connectivity index (χ0n) is 15.1. The molecule has 28 heavy (non-hydrogen) atoms. The zero-order chi connectivity index (χ0) is 19.7. The number of rotatable bonds is 4. The van der Waals surface area contributed by atoms with Crippen molar-refractivity contribution >= 4 is 28.5 Å². The Hall–Kier alpha value is -2.68. The molecule has 0 bridgehead atoms. The Kier molecular flexibility index (Phi) is 5.17. The van der Waals surface area contributed by atoms with Crippen molar-refractivity contribution in [3.8, 4) is 5.75 Å². The summed E-state index contributed by atoms with van der Waals surface area (Å²) in [5.41, 5.74) is 7.76. The maximum Gasteiger partial charge on any atom is 0.271 e. The molecule has 144 valence electrons. The fourth-order valence-corrected chi connectivity index (χ4v) is 4.30. The summed E-state index contributed by atoms with van der Waals surface area (Å²) in [6, 6.07) is 13.4. The monoisotopic (exact) mass is 398 g/mol. The van der Waals surface area contributed by atoms with Gasteiger partial charge in [0, 0.05) is 12.5 Å². The fraction of sp³-hybridized carbons (Fsp3) is 0.200. The molecule has 2 saturated heterocycles. The number of hydrogen-bond acceptors (Lipinski definition) is 6. The Morgan fingerprint density at radius 3 is 2.75 bits per heavy atom. The maximum absolute atomic E-state index is 13.2. The molecule has 2 heterocycles. The minimum atomic E-state index is -0.285. The highest BCUT2D eigenvalue weighted by Gasteiger charge is 2.37. The molecule has 0 radical (unpaired) electrons. The van der Waals surface area contributed by atoms with Gasteiger partial charge in [0.15, 0.2) is 5.17 Å². The molecule has 3 N–H and O–H groups in total. The molecule has 2 aliphatic rings. The Balaban J connectivity index is 1.61. The van der Waals surface area contributed by atoms with Gasteiger partial charge >= 0.3 is 0 Å². The Labute approximate surface area is 166 Å². The summed E-state index contributed by atoms with van der Waals surface area (Å²) in [5, 5.41) is 8.42. The minimum Gasteiger partial charge on any atom is -0.495 e. The van der Waals surface area contributed by atoms with Crippen molar-refractivity contribution in [2.75, 3.05) is 18.6 Å². The molecule has 0 aromatic heterocycles. The van der Waals surface area contributed by atoms with Crippen LogP contribution in [-0.4, -0.2) is 24.7 Å². The number of hydrazine groups is 1. The molecular weight excluding hydrogens is 379 g/mol. The van der Waals surface area contributed by atoms with Crippen molar-refractivity contribution in [1.29, 1.82) is 5.41 Å². The predicted octanol–water partition coefficient (Wildman–Crippen LogP) is 3.20. The van der Waals surface area contributed by atoms with Gasteiger partial charge in [0.2, 0.25) is 0 Å². The number of halogens is 1. The molecular formula is C20H19FN4O2S. The van der Waals surface area contributed by atoms with Gasteiger partial charge in [-0.2, -0.15) is 0 Å². The number of hydrogen-bond donors (Lipinski definition) is 3. The molecule has 8 heteroatoms. The van der Waals surface area contributed by atoms with Gasteiger partial charge in [-0.1, -0.05) is 30.3 Å². The van der Waals surface area contributed by atoms with Crippen molar-refractivity contribution in [2.45, 2.75) is 6.04 Å². The molecule has 2 fully saturated rings. The number of anilines is 1. The van der Waals surface area contributed by atoms with Crippen molar-refractivity contribution in [2.24, 2.45) is 5.92 Å². The smallest absolute Gasteiger partial charge is 0.271 e. The molecule has 0 spiro atoms. The average molecular weight is 398 g/mol. The van der Waals surface area contributed by atoms with Crippen LogP contribution in [0.5, 0.6) is 5.75 Å². The third kappa shape index (κ3) is 3.42. The Bertz CT molecular complexity index is 947. The number of thioether (sulfide) groups is 1. The van der Waals surface area contributed by atoms with E-state index in [0.717, 1.165) is 17.3 Å². The van der Waals surface area contributed by atoms with E-state index < -0.39 is 0 Å². The van der Waals surface area contributed by atoms with E-state index in [1.807, 2.05) is 12.1 Å². The number of ether oxygens (including phenoxy) is 1.